The Bertz CT molecular complexity index is 1350. The zero-order valence-electron chi connectivity index (χ0n) is 19.0. The number of aromatic amines is 1. The first-order valence-corrected chi connectivity index (χ1v) is 11.8. The van der Waals surface area contributed by atoms with E-state index in [0.29, 0.717) is 33.0 Å². The largest absolute Gasteiger partial charge is 0.351 e. The van der Waals surface area contributed by atoms with E-state index in [-0.39, 0.29) is 18.1 Å². The van der Waals surface area contributed by atoms with Crippen molar-refractivity contribution in [2.24, 2.45) is 0 Å². The van der Waals surface area contributed by atoms with Crippen molar-refractivity contribution in [2.75, 3.05) is 32.5 Å². The predicted octanol–water partition coefficient (Wildman–Crippen LogP) is 3.90. The van der Waals surface area contributed by atoms with Crippen LogP contribution >= 0.6 is 22.9 Å². The molecule has 0 aliphatic carbocycles. The number of benzene rings is 2. The van der Waals surface area contributed by atoms with Gasteiger partial charge in [-0.1, -0.05) is 22.9 Å². The van der Waals surface area contributed by atoms with E-state index < -0.39 is 0 Å². The van der Waals surface area contributed by atoms with Crippen LogP contribution < -0.4 is 10.6 Å². The number of amides is 1. The van der Waals surface area contributed by atoms with Gasteiger partial charge in [-0.3, -0.25) is 14.7 Å². The molecule has 2 heterocycles. The normalized spacial score (nSPS) is 11.2. The van der Waals surface area contributed by atoms with Gasteiger partial charge in [-0.15, -0.1) is 10.2 Å². The maximum absolute atomic E-state index is 12.7. The van der Waals surface area contributed by atoms with Crippen molar-refractivity contribution < 1.29 is 9.59 Å². The number of aromatic nitrogens is 4. The Morgan fingerprint density at radius 1 is 1.18 bits per heavy atom. The molecule has 0 unspecified atom stereocenters. The first-order chi connectivity index (χ1) is 16.3. The molecule has 34 heavy (non-hydrogen) atoms. The van der Waals surface area contributed by atoms with Crippen molar-refractivity contribution in [3.8, 4) is 10.6 Å². The third-order valence-corrected chi connectivity index (χ3v) is 6.32. The fourth-order valence-corrected chi connectivity index (χ4v) is 4.42. The number of nitrogens with one attached hydrogen (secondary N) is 3. The summed E-state index contributed by atoms with van der Waals surface area (Å²) in [7, 11) is 3.89. The second-order valence-electron chi connectivity index (χ2n) is 8.15. The molecule has 0 atom stereocenters. The zero-order chi connectivity index (χ0) is 24.2. The van der Waals surface area contributed by atoms with E-state index in [4.69, 9.17) is 11.6 Å². The van der Waals surface area contributed by atoms with E-state index in [1.54, 1.807) is 18.3 Å². The summed E-state index contributed by atoms with van der Waals surface area (Å²) in [4.78, 5) is 26.5. The number of Topliss-reactive ketones (excluding diaryl/α,β-unsaturated/α-hetero) is 1. The molecule has 0 saturated carbocycles. The second kappa shape index (κ2) is 10.3. The summed E-state index contributed by atoms with van der Waals surface area (Å²) in [5.41, 5.74) is 3.47. The molecule has 0 aliphatic heterocycles. The number of ketones is 1. The number of likely N-dealkylation sites (N-methyl/N-ethyl adjacent to an activating group) is 1. The summed E-state index contributed by atoms with van der Waals surface area (Å²) in [6, 6.07) is 9.10. The summed E-state index contributed by atoms with van der Waals surface area (Å²) >= 11 is 7.83. The third kappa shape index (κ3) is 5.58. The van der Waals surface area contributed by atoms with Gasteiger partial charge in [0.05, 0.1) is 22.4 Å². The van der Waals surface area contributed by atoms with Gasteiger partial charge in [0.25, 0.3) is 5.91 Å². The van der Waals surface area contributed by atoms with Gasteiger partial charge in [-0.2, -0.15) is 5.10 Å². The van der Waals surface area contributed by atoms with Crippen molar-refractivity contribution >= 4 is 56.4 Å². The predicted molar refractivity (Wildman–Crippen MR) is 135 cm³/mol. The molecule has 1 amide bonds. The highest BCUT2D eigenvalue weighted by atomic mass is 35.5. The van der Waals surface area contributed by atoms with Gasteiger partial charge in [-0.25, -0.2) is 0 Å². The number of hydrogen-bond donors (Lipinski definition) is 3. The third-order valence-electron chi connectivity index (χ3n) is 5.02. The molecule has 3 N–H and O–H groups in total. The average Bonchev–Trinajstić information content (AvgIpc) is 3.45. The Morgan fingerprint density at radius 3 is 2.76 bits per heavy atom. The zero-order valence-corrected chi connectivity index (χ0v) is 20.5. The topological polar surface area (TPSA) is 116 Å². The summed E-state index contributed by atoms with van der Waals surface area (Å²) in [5, 5.41) is 24.0. The molecule has 2 aromatic heterocycles. The number of rotatable bonds is 9. The lowest BCUT2D eigenvalue weighted by molar-refractivity contribution is -0.116. The summed E-state index contributed by atoms with van der Waals surface area (Å²) in [6.07, 6.45) is 1.90. The molecule has 0 aliphatic rings. The van der Waals surface area contributed by atoms with Crippen molar-refractivity contribution in [2.45, 2.75) is 13.3 Å². The number of nitrogens with zero attached hydrogens (tertiary/aromatic N) is 4. The molecular formula is C23H24ClN7O2S. The first kappa shape index (κ1) is 23.8. The van der Waals surface area contributed by atoms with Crippen molar-refractivity contribution in [1.29, 1.82) is 0 Å². The minimum absolute atomic E-state index is 0.0139. The standard InChI is InChI=1S/C23H24ClN7O2S/c1-13(32)8-14-9-15(21(33)25-6-7-31(2)3)11-16(10-14)22-29-30-23(34-22)27-19-5-4-18-17(20(19)24)12-26-28-18/h4-5,9-12H,6-8H2,1-3H3,(H,25,33)(H,26,28)(H,27,30). The highest BCUT2D eigenvalue weighted by molar-refractivity contribution is 7.18. The van der Waals surface area contributed by atoms with Crippen LogP contribution in [0.25, 0.3) is 21.5 Å². The summed E-state index contributed by atoms with van der Waals surface area (Å²) in [5.74, 6) is -0.184. The highest BCUT2D eigenvalue weighted by Gasteiger charge is 2.15. The van der Waals surface area contributed by atoms with Gasteiger partial charge in [-0.05, 0) is 56.9 Å². The van der Waals surface area contributed by atoms with Gasteiger partial charge >= 0.3 is 0 Å². The fourth-order valence-electron chi connectivity index (χ4n) is 3.42. The van der Waals surface area contributed by atoms with Gasteiger partial charge in [0.2, 0.25) is 5.13 Å². The molecule has 0 saturated heterocycles. The van der Waals surface area contributed by atoms with Crippen LogP contribution in [0.3, 0.4) is 0 Å². The molecule has 0 spiro atoms. The van der Waals surface area contributed by atoms with E-state index in [0.717, 1.165) is 28.6 Å². The molecule has 4 rings (SSSR count). The molecule has 2 aromatic carbocycles. The Balaban J connectivity index is 1.59. The average molecular weight is 498 g/mol. The number of carbonyl (C=O) groups is 2. The second-order valence-corrected chi connectivity index (χ2v) is 9.51. The van der Waals surface area contributed by atoms with E-state index in [1.165, 1.54) is 18.3 Å². The molecule has 0 bridgehead atoms. The van der Waals surface area contributed by atoms with Crippen LogP contribution in [0.5, 0.6) is 0 Å². The molecule has 176 valence electrons. The number of carbonyl (C=O) groups excluding carboxylic acids is 2. The molecular weight excluding hydrogens is 474 g/mol. The SMILES string of the molecule is CC(=O)Cc1cc(C(=O)NCCN(C)C)cc(-c2nnc(Nc3ccc4[nH]ncc4c3Cl)s2)c1. The van der Waals surface area contributed by atoms with Crippen LogP contribution in [-0.4, -0.2) is 64.2 Å². The molecule has 0 fully saturated rings. The smallest absolute Gasteiger partial charge is 0.251 e. The number of halogens is 1. The Kier molecular flexibility index (Phi) is 7.20. The van der Waals surface area contributed by atoms with Crippen molar-refractivity contribution in [1.82, 2.24) is 30.6 Å². The van der Waals surface area contributed by atoms with Crippen LogP contribution in [0.4, 0.5) is 10.8 Å². The number of fused-ring (bicyclic) bond motifs is 1. The van der Waals surface area contributed by atoms with Crippen LogP contribution in [0.15, 0.2) is 36.5 Å². The fraction of sp³-hybridized carbons (Fsp3) is 0.261. The summed E-state index contributed by atoms with van der Waals surface area (Å²) < 4.78 is 0. The van der Waals surface area contributed by atoms with Gasteiger partial charge in [0.1, 0.15) is 10.8 Å². The lowest BCUT2D eigenvalue weighted by Gasteiger charge is -2.11. The van der Waals surface area contributed by atoms with Crippen LogP contribution in [0, 0.1) is 0 Å². The molecule has 4 aromatic rings. The van der Waals surface area contributed by atoms with Crippen molar-refractivity contribution in [3.63, 3.8) is 0 Å². The maximum Gasteiger partial charge on any atom is 0.251 e. The van der Waals surface area contributed by atoms with Gasteiger partial charge in [0, 0.05) is 36.0 Å². The van der Waals surface area contributed by atoms with Crippen LogP contribution in [-0.2, 0) is 11.2 Å². The van der Waals surface area contributed by atoms with Gasteiger partial charge < -0.3 is 15.5 Å². The number of hydrogen-bond acceptors (Lipinski definition) is 8. The van der Waals surface area contributed by atoms with Crippen molar-refractivity contribution in [3.05, 3.63) is 52.7 Å². The van der Waals surface area contributed by atoms with E-state index in [9.17, 15) is 9.59 Å². The van der Waals surface area contributed by atoms with Crippen LogP contribution in [0.1, 0.15) is 22.8 Å². The Hall–Kier alpha value is -3.34. The van der Waals surface area contributed by atoms with Gasteiger partial charge in [0.15, 0.2) is 0 Å². The first-order valence-electron chi connectivity index (χ1n) is 10.6. The molecule has 9 nitrogen and oxygen atoms in total. The van der Waals surface area contributed by atoms with Crippen LogP contribution in [0.2, 0.25) is 5.02 Å². The molecule has 11 heteroatoms. The Morgan fingerprint density at radius 2 is 2.00 bits per heavy atom. The minimum Gasteiger partial charge on any atom is -0.351 e. The number of H-pyrrole nitrogens is 1. The lowest BCUT2D eigenvalue weighted by Crippen LogP contribution is -2.31. The van der Waals surface area contributed by atoms with E-state index >= 15 is 0 Å². The maximum atomic E-state index is 12.7. The van der Waals surface area contributed by atoms with E-state index in [1.807, 2.05) is 37.2 Å². The minimum atomic E-state index is -0.198. The molecule has 0 radical (unpaired) electrons. The number of anilines is 2. The lowest BCUT2D eigenvalue weighted by atomic mass is 10.0. The summed E-state index contributed by atoms with van der Waals surface area (Å²) in [6.45, 7) is 2.77. The monoisotopic (exact) mass is 497 g/mol. The quantitative estimate of drug-likeness (QED) is 0.321. The van der Waals surface area contributed by atoms with E-state index in [2.05, 4.69) is 31.0 Å². The Labute approximate surface area is 205 Å². The highest BCUT2D eigenvalue weighted by Crippen LogP contribution is 2.34.